The molecule has 3 rings (SSSR count). The van der Waals surface area contributed by atoms with Crippen molar-refractivity contribution in [2.45, 2.75) is 24.7 Å². The van der Waals surface area contributed by atoms with Crippen LogP contribution in [0.25, 0.3) is 0 Å². The van der Waals surface area contributed by atoms with Crippen molar-refractivity contribution in [3.63, 3.8) is 0 Å². The summed E-state index contributed by atoms with van der Waals surface area (Å²) in [6.45, 7) is 1.11. The van der Waals surface area contributed by atoms with E-state index in [1.54, 1.807) is 7.11 Å². The van der Waals surface area contributed by atoms with E-state index >= 15 is 0 Å². The second-order valence-electron chi connectivity index (χ2n) is 4.34. The third-order valence-electron chi connectivity index (χ3n) is 3.55. The van der Waals surface area contributed by atoms with Gasteiger partial charge in [0.05, 0.1) is 7.11 Å². The Morgan fingerprint density at radius 3 is 2.86 bits per heavy atom. The van der Waals surface area contributed by atoms with Crippen molar-refractivity contribution in [3.05, 3.63) is 23.8 Å². The Hall–Kier alpha value is -1.18. The van der Waals surface area contributed by atoms with E-state index in [0.717, 1.165) is 12.3 Å². The topological polar surface area (TPSA) is 21.3 Å². The Labute approximate surface area is 84.3 Å². The fourth-order valence-corrected chi connectivity index (χ4v) is 2.61. The lowest BCUT2D eigenvalue weighted by atomic mass is 9.87. The molecule has 1 aliphatic carbocycles. The molecular weight excluding hydrogens is 174 g/mol. The minimum atomic E-state index is 0.465. The van der Waals surface area contributed by atoms with Gasteiger partial charge in [-0.2, -0.15) is 0 Å². The molecule has 2 nitrogen and oxygen atoms in total. The Morgan fingerprint density at radius 1 is 1.29 bits per heavy atom. The molecule has 74 valence electrons. The molecule has 0 unspecified atom stereocenters. The van der Waals surface area contributed by atoms with E-state index in [1.807, 2.05) is 0 Å². The molecule has 1 aromatic rings. The van der Waals surface area contributed by atoms with Crippen LogP contribution in [-0.2, 0) is 5.41 Å². The van der Waals surface area contributed by atoms with Crippen molar-refractivity contribution in [1.29, 1.82) is 0 Å². The molecule has 1 saturated carbocycles. The highest BCUT2D eigenvalue weighted by atomic mass is 16.5. The van der Waals surface area contributed by atoms with Crippen molar-refractivity contribution in [1.82, 2.24) is 0 Å². The SMILES string of the molecule is COc1cccc2c1C1(CCN2)CC1. The third kappa shape index (κ3) is 0.969. The van der Waals surface area contributed by atoms with Gasteiger partial charge in [0.15, 0.2) is 0 Å². The summed E-state index contributed by atoms with van der Waals surface area (Å²) in [5, 5.41) is 3.45. The molecule has 2 aliphatic rings. The lowest BCUT2D eigenvalue weighted by molar-refractivity contribution is 0.401. The highest BCUT2D eigenvalue weighted by Gasteiger charge is 2.48. The molecule has 0 saturated heterocycles. The van der Waals surface area contributed by atoms with Crippen molar-refractivity contribution < 1.29 is 4.74 Å². The maximum Gasteiger partial charge on any atom is 0.124 e. The summed E-state index contributed by atoms with van der Waals surface area (Å²) in [4.78, 5) is 0. The zero-order chi connectivity index (χ0) is 9.60. The van der Waals surface area contributed by atoms with Crippen LogP contribution in [0.1, 0.15) is 24.8 Å². The Kier molecular flexibility index (Phi) is 1.55. The second kappa shape index (κ2) is 2.66. The molecular formula is C12H15NO. The molecule has 1 N–H and O–H groups in total. The summed E-state index contributed by atoms with van der Waals surface area (Å²) < 4.78 is 5.45. The van der Waals surface area contributed by atoms with E-state index < -0.39 is 0 Å². The average molecular weight is 189 g/mol. The predicted molar refractivity (Wildman–Crippen MR) is 57.0 cm³/mol. The highest BCUT2D eigenvalue weighted by Crippen LogP contribution is 2.57. The maximum absolute atomic E-state index is 5.45. The number of rotatable bonds is 1. The standard InChI is InChI=1S/C12H15NO/c1-14-10-4-2-3-9-11(10)12(5-6-12)7-8-13-9/h2-4,13H,5-8H2,1H3. The van der Waals surface area contributed by atoms with Gasteiger partial charge in [-0.25, -0.2) is 0 Å². The fourth-order valence-electron chi connectivity index (χ4n) is 2.61. The van der Waals surface area contributed by atoms with Gasteiger partial charge in [0.25, 0.3) is 0 Å². The van der Waals surface area contributed by atoms with Crippen molar-refractivity contribution >= 4 is 5.69 Å². The maximum atomic E-state index is 5.45. The van der Waals surface area contributed by atoms with Crippen LogP contribution in [0.2, 0.25) is 0 Å². The molecule has 1 spiro atoms. The smallest absolute Gasteiger partial charge is 0.124 e. The van der Waals surface area contributed by atoms with Gasteiger partial charge in [0.1, 0.15) is 5.75 Å². The van der Waals surface area contributed by atoms with Gasteiger partial charge >= 0.3 is 0 Å². The van der Waals surface area contributed by atoms with Crippen LogP contribution in [-0.4, -0.2) is 13.7 Å². The summed E-state index contributed by atoms with van der Waals surface area (Å²) in [5.74, 6) is 1.06. The monoisotopic (exact) mass is 189 g/mol. The van der Waals surface area contributed by atoms with Gasteiger partial charge in [-0.1, -0.05) is 6.07 Å². The Morgan fingerprint density at radius 2 is 2.14 bits per heavy atom. The second-order valence-corrected chi connectivity index (χ2v) is 4.34. The molecule has 0 bridgehead atoms. The Bertz CT molecular complexity index is 354. The summed E-state index contributed by atoms with van der Waals surface area (Å²) >= 11 is 0. The van der Waals surface area contributed by atoms with E-state index in [-0.39, 0.29) is 0 Å². The minimum Gasteiger partial charge on any atom is -0.496 e. The summed E-state index contributed by atoms with van der Waals surface area (Å²) in [6, 6.07) is 6.30. The molecule has 0 aromatic heterocycles. The zero-order valence-corrected chi connectivity index (χ0v) is 8.47. The van der Waals surface area contributed by atoms with Crippen LogP contribution < -0.4 is 10.1 Å². The quantitative estimate of drug-likeness (QED) is 0.733. The molecule has 1 heterocycles. The molecule has 2 heteroatoms. The number of hydrogen-bond acceptors (Lipinski definition) is 2. The molecule has 14 heavy (non-hydrogen) atoms. The number of anilines is 1. The lowest BCUT2D eigenvalue weighted by Gasteiger charge is -2.28. The third-order valence-corrected chi connectivity index (χ3v) is 3.55. The first kappa shape index (κ1) is 8.16. The number of nitrogens with one attached hydrogen (secondary N) is 1. The normalized spacial score (nSPS) is 21.2. The molecule has 0 amide bonds. The van der Waals surface area contributed by atoms with Crippen LogP contribution in [0, 0.1) is 0 Å². The Balaban J connectivity index is 2.18. The summed E-state index contributed by atoms with van der Waals surface area (Å²) in [6.07, 6.45) is 3.93. The van der Waals surface area contributed by atoms with Crippen molar-refractivity contribution in [2.75, 3.05) is 19.0 Å². The average Bonchev–Trinajstić information content (AvgIpc) is 2.98. The van der Waals surface area contributed by atoms with Gasteiger partial charge in [0.2, 0.25) is 0 Å². The van der Waals surface area contributed by atoms with Crippen LogP contribution in [0.15, 0.2) is 18.2 Å². The molecule has 0 atom stereocenters. The van der Waals surface area contributed by atoms with Crippen LogP contribution in [0.5, 0.6) is 5.75 Å². The van der Waals surface area contributed by atoms with E-state index in [1.165, 1.54) is 30.5 Å². The van der Waals surface area contributed by atoms with Crippen molar-refractivity contribution in [2.24, 2.45) is 0 Å². The number of hydrogen-bond donors (Lipinski definition) is 1. The number of methoxy groups -OCH3 is 1. The van der Waals surface area contributed by atoms with Crippen molar-refractivity contribution in [3.8, 4) is 5.75 Å². The molecule has 1 fully saturated rings. The number of benzene rings is 1. The lowest BCUT2D eigenvalue weighted by Crippen LogP contribution is -2.22. The zero-order valence-electron chi connectivity index (χ0n) is 8.47. The first-order valence-electron chi connectivity index (χ1n) is 5.27. The first-order chi connectivity index (χ1) is 6.86. The van der Waals surface area contributed by atoms with Gasteiger partial charge in [-0.15, -0.1) is 0 Å². The largest absolute Gasteiger partial charge is 0.496 e. The predicted octanol–water partition coefficient (Wildman–Crippen LogP) is 2.54. The van der Waals surface area contributed by atoms with Gasteiger partial charge in [0, 0.05) is 23.2 Å². The number of fused-ring (bicyclic) bond motifs is 2. The van der Waals surface area contributed by atoms with E-state index in [0.29, 0.717) is 5.41 Å². The van der Waals surface area contributed by atoms with Crippen LogP contribution >= 0.6 is 0 Å². The highest BCUT2D eigenvalue weighted by molar-refractivity contribution is 5.64. The van der Waals surface area contributed by atoms with E-state index in [4.69, 9.17) is 4.74 Å². The van der Waals surface area contributed by atoms with Gasteiger partial charge in [-0.3, -0.25) is 0 Å². The first-order valence-corrected chi connectivity index (χ1v) is 5.27. The molecule has 0 radical (unpaired) electrons. The van der Waals surface area contributed by atoms with E-state index in [9.17, 15) is 0 Å². The van der Waals surface area contributed by atoms with Crippen LogP contribution in [0.4, 0.5) is 5.69 Å². The number of ether oxygens (including phenoxy) is 1. The summed E-state index contributed by atoms with van der Waals surface area (Å²) in [5.41, 5.74) is 3.18. The van der Waals surface area contributed by atoms with E-state index in [2.05, 4.69) is 23.5 Å². The van der Waals surface area contributed by atoms with Gasteiger partial charge < -0.3 is 10.1 Å². The minimum absolute atomic E-state index is 0.465. The fraction of sp³-hybridized carbons (Fsp3) is 0.500. The van der Waals surface area contributed by atoms with Gasteiger partial charge in [-0.05, 0) is 31.4 Å². The molecule has 1 aliphatic heterocycles. The summed E-state index contributed by atoms with van der Waals surface area (Å²) in [7, 11) is 1.76. The molecule has 1 aromatic carbocycles. The van der Waals surface area contributed by atoms with Crippen LogP contribution in [0.3, 0.4) is 0 Å².